The minimum absolute atomic E-state index is 0.118. The number of nitrogens with one attached hydrogen (secondary N) is 2. The molecule has 4 rings (SSSR count). The molecule has 4 nitrogen and oxygen atoms in total. The van der Waals surface area contributed by atoms with Crippen LogP contribution < -0.4 is 11.1 Å². The minimum atomic E-state index is 0.118. The van der Waals surface area contributed by atoms with Crippen molar-refractivity contribution in [2.24, 2.45) is 5.73 Å². The highest BCUT2D eigenvalue weighted by Gasteiger charge is 2.28. The largest absolute Gasteiger partial charge is 0.378 e. The number of hydrogen-bond acceptors (Lipinski definition) is 3. The average Bonchev–Trinajstić information content (AvgIpc) is 3.06. The van der Waals surface area contributed by atoms with E-state index in [4.69, 9.17) is 5.73 Å². The molecule has 0 saturated carbocycles. The Hall–Kier alpha value is -2.33. The fraction of sp³-hybridized carbons (Fsp3) is 0.188. The Bertz CT molecular complexity index is 762. The molecule has 2 atom stereocenters. The number of rotatable bonds is 2. The molecule has 1 aliphatic rings. The summed E-state index contributed by atoms with van der Waals surface area (Å²) in [5.74, 6) is 0. The smallest absolute Gasteiger partial charge is 0.0671 e. The topological polar surface area (TPSA) is 66.7 Å². The molecule has 0 fully saturated rings. The Balaban J connectivity index is 1.72. The number of benzene rings is 2. The van der Waals surface area contributed by atoms with Crippen LogP contribution in [0.25, 0.3) is 10.9 Å². The van der Waals surface area contributed by atoms with E-state index in [-0.39, 0.29) is 12.1 Å². The minimum Gasteiger partial charge on any atom is -0.378 e. The van der Waals surface area contributed by atoms with E-state index in [1.54, 1.807) is 0 Å². The Kier molecular flexibility index (Phi) is 2.50. The zero-order valence-corrected chi connectivity index (χ0v) is 11.0. The molecule has 0 bridgehead atoms. The first-order valence-electron chi connectivity index (χ1n) is 6.86. The number of nitrogens with two attached hydrogens (primary N) is 1. The maximum Gasteiger partial charge on any atom is 0.0671 e. The van der Waals surface area contributed by atoms with E-state index in [1.807, 2.05) is 18.3 Å². The zero-order chi connectivity index (χ0) is 13.5. The van der Waals surface area contributed by atoms with Gasteiger partial charge in [0.15, 0.2) is 0 Å². The fourth-order valence-electron chi connectivity index (χ4n) is 3.09. The first-order chi connectivity index (χ1) is 9.83. The Morgan fingerprint density at radius 2 is 1.95 bits per heavy atom. The number of aromatic nitrogens is 2. The Labute approximate surface area is 117 Å². The molecule has 2 unspecified atom stereocenters. The van der Waals surface area contributed by atoms with E-state index in [9.17, 15) is 0 Å². The monoisotopic (exact) mass is 264 g/mol. The van der Waals surface area contributed by atoms with Gasteiger partial charge in [-0.25, -0.2) is 0 Å². The molecule has 2 aromatic carbocycles. The van der Waals surface area contributed by atoms with E-state index in [0.717, 1.165) is 23.0 Å². The second-order valence-electron chi connectivity index (χ2n) is 5.30. The van der Waals surface area contributed by atoms with Gasteiger partial charge >= 0.3 is 0 Å². The second kappa shape index (κ2) is 4.35. The lowest BCUT2D eigenvalue weighted by Gasteiger charge is -2.16. The molecule has 0 saturated heterocycles. The lowest BCUT2D eigenvalue weighted by molar-refractivity contribution is 0.649. The molecule has 1 heterocycles. The zero-order valence-electron chi connectivity index (χ0n) is 11.0. The lowest BCUT2D eigenvalue weighted by Crippen LogP contribution is -2.10. The molecule has 4 heteroatoms. The third-order valence-corrected chi connectivity index (χ3v) is 4.08. The van der Waals surface area contributed by atoms with Crippen molar-refractivity contribution in [3.63, 3.8) is 0 Å². The van der Waals surface area contributed by atoms with Gasteiger partial charge in [-0.3, -0.25) is 5.10 Å². The summed E-state index contributed by atoms with van der Waals surface area (Å²) in [6.45, 7) is 0. The van der Waals surface area contributed by atoms with Crippen LogP contribution in [0.15, 0.2) is 48.7 Å². The molecule has 0 radical (unpaired) electrons. The van der Waals surface area contributed by atoms with Crippen molar-refractivity contribution in [3.8, 4) is 0 Å². The summed E-state index contributed by atoms with van der Waals surface area (Å²) < 4.78 is 0. The summed E-state index contributed by atoms with van der Waals surface area (Å²) in [6, 6.07) is 14.9. The molecule has 20 heavy (non-hydrogen) atoms. The molecule has 0 aliphatic heterocycles. The van der Waals surface area contributed by atoms with Crippen LogP contribution in [0.3, 0.4) is 0 Å². The Morgan fingerprint density at radius 1 is 1.10 bits per heavy atom. The molecule has 4 N–H and O–H groups in total. The van der Waals surface area contributed by atoms with Crippen molar-refractivity contribution < 1.29 is 0 Å². The summed E-state index contributed by atoms with van der Waals surface area (Å²) in [6.07, 6.45) is 2.78. The van der Waals surface area contributed by atoms with Gasteiger partial charge in [0.1, 0.15) is 0 Å². The van der Waals surface area contributed by atoms with E-state index in [1.165, 1.54) is 11.1 Å². The lowest BCUT2D eigenvalue weighted by atomic mass is 10.1. The van der Waals surface area contributed by atoms with Crippen LogP contribution >= 0.6 is 0 Å². The predicted molar refractivity (Wildman–Crippen MR) is 80.4 cm³/mol. The van der Waals surface area contributed by atoms with Crippen LogP contribution in [-0.2, 0) is 0 Å². The molecular formula is C16H16N4. The predicted octanol–water partition coefficient (Wildman–Crippen LogP) is 3.12. The molecular weight excluding hydrogens is 248 g/mol. The van der Waals surface area contributed by atoms with Crippen molar-refractivity contribution in [3.05, 3.63) is 59.8 Å². The van der Waals surface area contributed by atoms with Gasteiger partial charge in [0, 0.05) is 17.1 Å². The van der Waals surface area contributed by atoms with Gasteiger partial charge in [-0.05, 0) is 29.7 Å². The van der Waals surface area contributed by atoms with Crippen molar-refractivity contribution in [1.29, 1.82) is 0 Å². The van der Waals surface area contributed by atoms with Crippen molar-refractivity contribution in [1.82, 2.24) is 10.2 Å². The third kappa shape index (κ3) is 1.69. The molecule has 1 aliphatic carbocycles. The normalized spacial score (nSPS) is 21.1. The number of H-pyrrole nitrogens is 1. The van der Waals surface area contributed by atoms with Crippen molar-refractivity contribution in [2.75, 3.05) is 5.32 Å². The van der Waals surface area contributed by atoms with Gasteiger partial charge in [0.2, 0.25) is 0 Å². The van der Waals surface area contributed by atoms with Gasteiger partial charge < -0.3 is 11.1 Å². The SMILES string of the molecule is NC1CC(Nc2cccc3[nH]ncc23)c2ccccc21. The standard InChI is InChI=1S/C16H16N4/c17-13-8-16(11-5-2-1-4-10(11)13)19-14-6-3-7-15-12(14)9-18-20-15/h1-7,9,13,16,19H,8,17H2,(H,18,20). The molecule has 0 amide bonds. The first-order valence-corrected chi connectivity index (χ1v) is 6.86. The molecule has 1 aromatic heterocycles. The van der Waals surface area contributed by atoms with Crippen LogP contribution in [0.1, 0.15) is 29.6 Å². The number of nitrogens with zero attached hydrogens (tertiary/aromatic N) is 1. The van der Waals surface area contributed by atoms with E-state index >= 15 is 0 Å². The summed E-state index contributed by atoms with van der Waals surface area (Å²) in [4.78, 5) is 0. The van der Waals surface area contributed by atoms with Gasteiger partial charge in [-0.2, -0.15) is 5.10 Å². The first kappa shape index (κ1) is 11.5. The van der Waals surface area contributed by atoms with Gasteiger partial charge in [-0.1, -0.05) is 30.3 Å². The van der Waals surface area contributed by atoms with E-state index < -0.39 is 0 Å². The fourth-order valence-corrected chi connectivity index (χ4v) is 3.09. The number of anilines is 1. The van der Waals surface area contributed by atoms with Crippen LogP contribution in [0.5, 0.6) is 0 Å². The summed E-state index contributed by atoms with van der Waals surface area (Å²) in [5.41, 5.74) is 10.9. The van der Waals surface area contributed by atoms with Crippen molar-refractivity contribution in [2.45, 2.75) is 18.5 Å². The van der Waals surface area contributed by atoms with E-state index in [0.29, 0.717) is 0 Å². The second-order valence-corrected chi connectivity index (χ2v) is 5.30. The molecule has 0 spiro atoms. The average molecular weight is 264 g/mol. The maximum absolute atomic E-state index is 6.22. The number of fused-ring (bicyclic) bond motifs is 2. The molecule has 3 aromatic rings. The quantitative estimate of drug-likeness (QED) is 0.666. The van der Waals surface area contributed by atoms with E-state index in [2.05, 4.69) is 45.8 Å². The van der Waals surface area contributed by atoms with Crippen LogP contribution in [-0.4, -0.2) is 10.2 Å². The maximum atomic E-state index is 6.22. The summed E-state index contributed by atoms with van der Waals surface area (Å²) in [5, 5.41) is 11.8. The summed E-state index contributed by atoms with van der Waals surface area (Å²) in [7, 11) is 0. The number of hydrogen-bond donors (Lipinski definition) is 3. The Morgan fingerprint density at radius 3 is 2.85 bits per heavy atom. The third-order valence-electron chi connectivity index (χ3n) is 4.08. The van der Waals surface area contributed by atoms with Gasteiger partial charge in [-0.15, -0.1) is 0 Å². The van der Waals surface area contributed by atoms with Crippen LogP contribution in [0.4, 0.5) is 5.69 Å². The highest BCUT2D eigenvalue weighted by Crippen LogP contribution is 2.39. The van der Waals surface area contributed by atoms with Crippen LogP contribution in [0.2, 0.25) is 0 Å². The highest BCUT2D eigenvalue weighted by molar-refractivity contribution is 5.91. The molecule has 100 valence electrons. The number of aromatic amines is 1. The van der Waals surface area contributed by atoms with Gasteiger partial charge in [0.05, 0.1) is 17.8 Å². The van der Waals surface area contributed by atoms with Gasteiger partial charge in [0.25, 0.3) is 0 Å². The van der Waals surface area contributed by atoms with Crippen LogP contribution in [0, 0.1) is 0 Å². The van der Waals surface area contributed by atoms with Crippen molar-refractivity contribution >= 4 is 16.6 Å². The highest BCUT2D eigenvalue weighted by atomic mass is 15.1. The summed E-state index contributed by atoms with van der Waals surface area (Å²) >= 11 is 0.